The first-order valence-corrected chi connectivity index (χ1v) is 7.55. The SMILES string of the molecule is O=c1[nH]c2nc3c(nn2/c1=C/c1c[nH]c2ccccc12)CCC=3. The van der Waals surface area contributed by atoms with Crippen molar-refractivity contribution in [3.8, 4) is 0 Å². The molecular formula is C17H13N5O. The molecule has 0 amide bonds. The van der Waals surface area contributed by atoms with Gasteiger partial charge in [-0.05, 0) is 25.0 Å². The Morgan fingerprint density at radius 3 is 3.13 bits per heavy atom. The number of nitrogens with one attached hydrogen (secondary N) is 2. The van der Waals surface area contributed by atoms with Crippen molar-refractivity contribution >= 4 is 28.8 Å². The van der Waals surface area contributed by atoms with Crippen LogP contribution in [0.1, 0.15) is 17.7 Å². The summed E-state index contributed by atoms with van der Waals surface area (Å²) in [4.78, 5) is 22.8. The Kier molecular flexibility index (Phi) is 2.38. The van der Waals surface area contributed by atoms with Gasteiger partial charge < -0.3 is 4.98 Å². The number of imidazole rings is 1. The van der Waals surface area contributed by atoms with E-state index in [-0.39, 0.29) is 5.56 Å². The van der Waals surface area contributed by atoms with Gasteiger partial charge in [0.1, 0.15) is 5.35 Å². The Morgan fingerprint density at radius 2 is 2.17 bits per heavy atom. The van der Waals surface area contributed by atoms with E-state index in [1.807, 2.05) is 36.5 Å². The lowest BCUT2D eigenvalue weighted by Gasteiger charge is -1.96. The molecule has 0 aliphatic heterocycles. The van der Waals surface area contributed by atoms with Crippen LogP contribution >= 0.6 is 0 Å². The molecule has 5 rings (SSSR count). The number of hydrogen-bond donors (Lipinski definition) is 2. The van der Waals surface area contributed by atoms with Gasteiger partial charge in [-0.1, -0.05) is 24.3 Å². The quantitative estimate of drug-likeness (QED) is 0.536. The maximum Gasteiger partial charge on any atom is 0.276 e. The Bertz CT molecular complexity index is 1240. The van der Waals surface area contributed by atoms with Crippen molar-refractivity contribution < 1.29 is 0 Å². The van der Waals surface area contributed by atoms with E-state index in [2.05, 4.69) is 26.1 Å². The van der Waals surface area contributed by atoms with Crippen LogP contribution in [0, 0.1) is 0 Å². The minimum absolute atomic E-state index is 0.182. The summed E-state index contributed by atoms with van der Waals surface area (Å²) in [7, 11) is 0. The van der Waals surface area contributed by atoms with E-state index in [9.17, 15) is 4.79 Å². The van der Waals surface area contributed by atoms with Crippen molar-refractivity contribution in [3.05, 3.63) is 62.8 Å². The predicted octanol–water partition coefficient (Wildman–Crippen LogP) is 0.454. The van der Waals surface area contributed by atoms with Crippen LogP contribution < -0.4 is 16.3 Å². The van der Waals surface area contributed by atoms with Crippen LogP contribution in [0.4, 0.5) is 0 Å². The average Bonchev–Trinajstić information content (AvgIpc) is 3.24. The number of hydrogen-bond acceptors (Lipinski definition) is 3. The molecule has 4 aromatic rings. The van der Waals surface area contributed by atoms with Gasteiger partial charge in [-0.25, -0.2) is 4.98 Å². The summed E-state index contributed by atoms with van der Waals surface area (Å²) in [6, 6.07) is 8.00. The summed E-state index contributed by atoms with van der Waals surface area (Å²) in [5.41, 5.74) is 2.76. The number of fused-ring (bicyclic) bond motifs is 3. The molecule has 23 heavy (non-hydrogen) atoms. The van der Waals surface area contributed by atoms with Gasteiger partial charge in [0, 0.05) is 22.7 Å². The Balaban J connectivity index is 1.85. The van der Waals surface area contributed by atoms with Crippen molar-refractivity contribution in [2.24, 2.45) is 0 Å². The van der Waals surface area contributed by atoms with Gasteiger partial charge in [-0.15, -0.1) is 0 Å². The first kappa shape index (κ1) is 12.4. The van der Waals surface area contributed by atoms with E-state index in [4.69, 9.17) is 0 Å². The van der Waals surface area contributed by atoms with E-state index in [1.54, 1.807) is 4.52 Å². The summed E-state index contributed by atoms with van der Waals surface area (Å²) in [6.45, 7) is 0. The summed E-state index contributed by atoms with van der Waals surface area (Å²) in [6.07, 6.45) is 7.63. The molecule has 0 radical (unpaired) electrons. The van der Waals surface area contributed by atoms with E-state index in [1.165, 1.54) is 0 Å². The molecule has 0 bridgehead atoms. The van der Waals surface area contributed by atoms with Crippen molar-refractivity contribution in [1.29, 1.82) is 0 Å². The van der Waals surface area contributed by atoms with Crippen molar-refractivity contribution in [1.82, 2.24) is 24.6 Å². The fraction of sp³-hybridized carbons (Fsp3) is 0.118. The Hall–Kier alpha value is -3.15. The molecule has 2 N–H and O–H groups in total. The lowest BCUT2D eigenvalue weighted by Crippen LogP contribution is -2.28. The Labute approximate surface area is 129 Å². The van der Waals surface area contributed by atoms with Gasteiger partial charge >= 0.3 is 0 Å². The highest BCUT2D eigenvalue weighted by Crippen LogP contribution is 2.17. The standard InChI is InChI=1S/C17H13N5O/c23-16-15(8-10-9-18-12-5-2-1-4-11(10)12)22-17(20-16)19-13-6-3-7-14(13)21-22/h1-2,4-6,8-9,18H,3,7H2,(H,19,20,23)/b15-8+. The lowest BCUT2D eigenvalue weighted by molar-refractivity contribution is 0.808. The normalized spacial score (nSPS) is 14.5. The van der Waals surface area contributed by atoms with E-state index in [0.717, 1.165) is 40.4 Å². The van der Waals surface area contributed by atoms with Crippen LogP contribution in [0.2, 0.25) is 0 Å². The molecule has 6 nitrogen and oxygen atoms in total. The zero-order valence-electron chi connectivity index (χ0n) is 12.2. The predicted molar refractivity (Wildman–Crippen MR) is 87.5 cm³/mol. The second-order valence-electron chi connectivity index (χ2n) is 5.70. The average molecular weight is 303 g/mol. The first-order valence-electron chi connectivity index (χ1n) is 7.55. The lowest BCUT2D eigenvalue weighted by atomic mass is 10.1. The highest BCUT2D eigenvalue weighted by atomic mass is 16.1. The van der Waals surface area contributed by atoms with Crippen molar-refractivity contribution in [3.63, 3.8) is 0 Å². The number of aromatic amines is 2. The molecule has 6 heteroatoms. The maximum absolute atomic E-state index is 12.3. The van der Waals surface area contributed by atoms with Gasteiger partial charge in [-0.3, -0.25) is 9.78 Å². The molecule has 1 aliphatic rings. The molecule has 0 fully saturated rings. The maximum atomic E-state index is 12.3. The number of para-hydroxylation sites is 1. The largest absolute Gasteiger partial charge is 0.361 e. The minimum atomic E-state index is -0.182. The third-order valence-corrected chi connectivity index (χ3v) is 4.26. The van der Waals surface area contributed by atoms with Gasteiger partial charge in [-0.2, -0.15) is 9.61 Å². The minimum Gasteiger partial charge on any atom is -0.361 e. The zero-order chi connectivity index (χ0) is 15.4. The van der Waals surface area contributed by atoms with Gasteiger partial charge in [0.2, 0.25) is 5.78 Å². The molecule has 3 aromatic heterocycles. The molecular weight excluding hydrogens is 290 g/mol. The smallest absolute Gasteiger partial charge is 0.276 e. The van der Waals surface area contributed by atoms with Crippen molar-refractivity contribution in [2.75, 3.05) is 0 Å². The zero-order valence-corrected chi connectivity index (χ0v) is 12.2. The van der Waals surface area contributed by atoms with Crippen LogP contribution in [0.5, 0.6) is 0 Å². The van der Waals surface area contributed by atoms with Crippen LogP contribution in [-0.4, -0.2) is 24.6 Å². The summed E-state index contributed by atoms with van der Waals surface area (Å²) >= 11 is 0. The molecule has 0 saturated carbocycles. The summed E-state index contributed by atoms with van der Waals surface area (Å²) in [5.74, 6) is 0.484. The molecule has 1 aromatic carbocycles. The summed E-state index contributed by atoms with van der Waals surface area (Å²) < 4.78 is 1.61. The molecule has 0 spiro atoms. The second kappa shape index (κ2) is 4.42. The second-order valence-corrected chi connectivity index (χ2v) is 5.70. The van der Waals surface area contributed by atoms with Crippen LogP contribution in [0.25, 0.3) is 28.8 Å². The molecule has 0 atom stereocenters. The molecule has 1 aliphatic carbocycles. The van der Waals surface area contributed by atoms with Crippen molar-refractivity contribution in [2.45, 2.75) is 12.8 Å². The third-order valence-electron chi connectivity index (χ3n) is 4.26. The van der Waals surface area contributed by atoms with Crippen LogP contribution in [0.15, 0.2) is 35.3 Å². The third kappa shape index (κ3) is 1.78. The van der Waals surface area contributed by atoms with Crippen LogP contribution in [0.3, 0.4) is 0 Å². The highest BCUT2D eigenvalue weighted by Gasteiger charge is 2.11. The molecule has 3 heterocycles. The number of aromatic nitrogens is 5. The first-order chi connectivity index (χ1) is 11.3. The monoisotopic (exact) mass is 303 g/mol. The van der Waals surface area contributed by atoms with Gasteiger partial charge in [0.25, 0.3) is 5.56 Å². The van der Waals surface area contributed by atoms with E-state index >= 15 is 0 Å². The summed E-state index contributed by atoms with van der Waals surface area (Å²) in [5, 5.41) is 7.03. The number of nitrogens with zero attached hydrogens (tertiary/aromatic N) is 3. The fourth-order valence-corrected chi connectivity index (χ4v) is 3.13. The molecule has 0 unspecified atom stereocenters. The highest BCUT2D eigenvalue weighted by molar-refractivity contribution is 5.88. The van der Waals surface area contributed by atoms with E-state index < -0.39 is 0 Å². The fourth-order valence-electron chi connectivity index (χ4n) is 3.13. The van der Waals surface area contributed by atoms with Gasteiger partial charge in [0.15, 0.2) is 0 Å². The van der Waals surface area contributed by atoms with Crippen LogP contribution in [-0.2, 0) is 6.42 Å². The number of rotatable bonds is 1. The Morgan fingerprint density at radius 1 is 1.26 bits per heavy atom. The number of aryl methyl sites for hydroxylation is 1. The molecule has 112 valence electrons. The van der Waals surface area contributed by atoms with Gasteiger partial charge in [0.05, 0.1) is 11.0 Å². The number of benzene rings is 1. The number of H-pyrrole nitrogens is 2. The molecule has 0 saturated heterocycles. The topological polar surface area (TPSA) is 78.8 Å². The van der Waals surface area contributed by atoms with E-state index in [0.29, 0.717) is 11.1 Å².